The molecule has 1 N–H and O–H groups in total. The monoisotopic (exact) mass is 223 g/mol. The van der Waals surface area contributed by atoms with Crippen LogP contribution in [-0.2, 0) is 13.0 Å². The Labute approximate surface area is 99.3 Å². The van der Waals surface area contributed by atoms with Crippen LogP contribution in [0.3, 0.4) is 0 Å². The Kier molecular flexibility index (Phi) is 5.53. The summed E-state index contributed by atoms with van der Waals surface area (Å²) in [5, 5.41) is 3.50. The van der Waals surface area contributed by atoms with Crippen LogP contribution in [0.4, 0.5) is 0 Å². The normalized spacial score (nSPS) is 13.3. The van der Waals surface area contributed by atoms with E-state index in [0.29, 0.717) is 5.92 Å². The van der Waals surface area contributed by atoms with Crippen molar-refractivity contribution in [2.24, 2.45) is 11.8 Å². The van der Waals surface area contributed by atoms with E-state index >= 15 is 0 Å². The van der Waals surface area contributed by atoms with Crippen molar-refractivity contribution in [1.29, 1.82) is 0 Å². The number of rotatable bonds is 7. The fourth-order valence-electron chi connectivity index (χ4n) is 1.84. The van der Waals surface area contributed by atoms with Gasteiger partial charge in [-0.15, -0.1) is 0 Å². The number of aromatic nitrogens is 2. The van der Waals surface area contributed by atoms with Gasteiger partial charge < -0.3 is 9.88 Å². The first-order valence-corrected chi connectivity index (χ1v) is 6.34. The lowest BCUT2D eigenvalue weighted by molar-refractivity contribution is 0.422. The molecule has 0 radical (unpaired) electrons. The quantitative estimate of drug-likeness (QED) is 0.769. The molecule has 1 aromatic heterocycles. The summed E-state index contributed by atoms with van der Waals surface area (Å²) in [5.41, 5.74) is 0. The van der Waals surface area contributed by atoms with Gasteiger partial charge in [0.05, 0.1) is 0 Å². The largest absolute Gasteiger partial charge is 0.335 e. The molecule has 16 heavy (non-hydrogen) atoms. The third kappa shape index (κ3) is 4.35. The lowest BCUT2D eigenvalue weighted by atomic mass is 10.1. The summed E-state index contributed by atoms with van der Waals surface area (Å²) in [5.74, 6) is 2.57. The topological polar surface area (TPSA) is 29.9 Å². The molecule has 1 heterocycles. The lowest BCUT2D eigenvalue weighted by Crippen LogP contribution is -2.27. The summed E-state index contributed by atoms with van der Waals surface area (Å²) in [7, 11) is 0. The first-order valence-electron chi connectivity index (χ1n) is 6.34. The van der Waals surface area contributed by atoms with Crippen LogP contribution < -0.4 is 5.32 Å². The summed E-state index contributed by atoms with van der Waals surface area (Å²) >= 11 is 0. The number of imidazole rings is 1. The van der Waals surface area contributed by atoms with Gasteiger partial charge >= 0.3 is 0 Å². The molecule has 3 nitrogen and oxygen atoms in total. The predicted octanol–water partition coefficient (Wildman–Crippen LogP) is 2.33. The van der Waals surface area contributed by atoms with Crippen molar-refractivity contribution in [3.8, 4) is 0 Å². The smallest absolute Gasteiger partial charge is 0.108 e. The molecule has 0 aromatic carbocycles. The minimum atomic E-state index is 0.651. The van der Waals surface area contributed by atoms with E-state index in [4.69, 9.17) is 0 Å². The first kappa shape index (κ1) is 13.2. The molecular formula is C13H25N3. The van der Waals surface area contributed by atoms with E-state index in [1.807, 2.05) is 6.20 Å². The summed E-state index contributed by atoms with van der Waals surface area (Å²) in [6.45, 7) is 12.2. The molecule has 0 aliphatic carbocycles. The molecule has 3 heteroatoms. The number of hydrogen-bond acceptors (Lipinski definition) is 2. The Morgan fingerprint density at radius 2 is 2.06 bits per heavy atom. The maximum atomic E-state index is 4.34. The third-order valence-corrected chi connectivity index (χ3v) is 2.67. The van der Waals surface area contributed by atoms with Crippen LogP contribution in [0.1, 0.15) is 33.5 Å². The summed E-state index contributed by atoms with van der Waals surface area (Å²) in [6, 6.07) is 0. The molecule has 0 aliphatic heterocycles. The van der Waals surface area contributed by atoms with Crippen molar-refractivity contribution in [2.45, 2.75) is 40.7 Å². The average Bonchev–Trinajstić information content (AvgIpc) is 2.64. The molecule has 1 atom stereocenters. The summed E-state index contributed by atoms with van der Waals surface area (Å²) in [6.07, 6.45) is 4.99. The van der Waals surface area contributed by atoms with Crippen molar-refractivity contribution in [2.75, 3.05) is 13.1 Å². The highest BCUT2D eigenvalue weighted by Gasteiger charge is 2.06. The lowest BCUT2D eigenvalue weighted by Gasteiger charge is -2.15. The standard InChI is InChI=1S/C13H25N3/c1-5-13-15-6-7-16(13)10-12(4)9-14-8-11(2)3/h6-7,11-12,14H,5,8-10H2,1-4H3. The number of aryl methyl sites for hydroxylation is 1. The van der Waals surface area contributed by atoms with Crippen LogP contribution in [0.5, 0.6) is 0 Å². The zero-order chi connectivity index (χ0) is 12.0. The summed E-state index contributed by atoms with van der Waals surface area (Å²) in [4.78, 5) is 4.34. The fraction of sp³-hybridized carbons (Fsp3) is 0.769. The predicted molar refractivity (Wildman–Crippen MR) is 68.5 cm³/mol. The number of hydrogen-bond donors (Lipinski definition) is 1. The van der Waals surface area contributed by atoms with Crippen molar-refractivity contribution in [1.82, 2.24) is 14.9 Å². The second kappa shape index (κ2) is 6.69. The third-order valence-electron chi connectivity index (χ3n) is 2.67. The van der Waals surface area contributed by atoms with Gasteiger partial charge in [0, 0.05) is 25.4 Å². The van der Waals surface area contributed by atoms with Crippen molar-refractivity contribution in [3.05, 3.63) is 18.2 Å². The molecule has 0 fully saturated rings. The Morgan fingerprint density at radius 3 is 2.69 bits per heavy atom. The molecule has 0 bridgehead atoms. The van der Waals surface area contributed by atoms with Gasteiger partial charge in [-0.05, 0) is 24.9 Å². The molecule has 0 spiro atoms. The van der Waals surface area contributed by atoms with Gasteiger partial charge in [0.1, 0.15) is 5.82 Å². The zero-order valence-electron chi connectivity index (χ0n) is 11.0. The fourth-order valence-corrected chi connectivity index (χ4v) is 1.84. The highest BCUT2D eigenvalue weighted by Crippen LogP contribution is 2.04. The van der Waals surface area contributed by atoms with Gasteiger partial charge in [-0.3, -0.25) is 0 Å². The van der Waals surface area contributed by atoms with Crippen LogP contribution in [0.25, 0.3) is 0 Å². The minimum Gasteiger partial charge on any atom is -0.335 e. The molecule has 1 unspecified atom stereocenters. The Balaban J connectivity index is 2.31. The van der Waals surface area contributed by atoms with Crippen molar-refractivity contribution < 1.29 is 0 Å². The maximum Gasteiger partial charge on any atom is 0.108 e. The van der Waals surface area contributed by atoms with Crippen LogP contribution in [0.2, 0.25) is 0 Å². The van der Waals surface area contributed by atoms with E-state index in [0.717, 1.165) is 32.0 Å². The van der Waals surface area contributed by atoms with Crippen LogP contribution >= 0.6 is 0 Å². The maximum absolute atomic E-state index is 4.34. The van der Waals surface area contributed by atoms with Crippen LogP contribution in [0.15, 0.2) is 12.4 Å². The van der Waals surface area contributed by atoms with Gasteiger partial charge in [0.2, 0.25) is 0 Å². The van der Waals surface area contributed by atoms with E-state index < -0.39 is 0 Å². The van der Waals surface area contributed by atoms with Crippen LogP contribution in [0, 0.1) is 11.8 Å². The Bertz CT molecular complexity index is 291. The van der Waals surface area contributed by atoms with Crippen molar-refractivity contribution >= 4 is 0 Å². The second-order valence-electron chi connectivity index (χ2n) is 5.01. The summed E-state index contributed by atoms with van der Waals surface area (Å²) < 4.78 is 2.27. The molecule has 92 valence electrons. The van der Waals surface area contributed by atoms with Gasteiger partial charge in [0.25, 0.3) is 0 Å². The minimum absolute atomic E-state index is 0.651. The second-order valence-corrected chi connectivity index (χ2v) is 5.01. The highest BCUT2D eigenvalue weighted by atomic mass is 15.1. The van der Waals surface area contributed by atoms with E-state index in [9.17, 15) is 0 Å². The van der Waals surface area contributed by atoms with Crippen LogP contribution in [-0.4, -0.2) is 22.6 Å². The molecule has 0 amide bonds. The first-order chi connectivity index (χ1) is 7.63. The molecule has 1 aromatic rings. The number of nitrogens with zero attached hydrogens (tertiary/aromatic N) is 2. The van der Waals surface area contributed by atoms with Gasteiger partial charge in [0.15, 0.2) is 0 Å². The van der Waals surface area contributed by atoms with E-state index in [-0.39, 0.29) is 0 Å². The molecule has 0 aliphatic rings. The van der Waals surface area contributed by atoms with E-state index in [1.165, 1.54) is 5.82 Å². The Morgan fingerprint density at radius 1 is 1.31 bits per heavy atom. The molecular weight excluding hydrogens is 198 g/mol. The van der Waals surface area contributed by atoms with Crippen molar-refractivity contribution in [3.63, 3.8) is 0 Å². The molecule has 0 saturated carbocycles. The zero-order valence-corrected chi connectivity index (χ0v) is 11.0. The average molecular weight is 223 g/mol. The molecule has 0 saturated heterocycles. The van der Waals surface area contributed by atoms with Gasteiger partial charge in [-0.25, -0.2) is 4.98 Å². The highest BCUT2D eigenvalue weighted by molar-refractivity contribution is 4.91. The molecule has 1 rings (SSSR count). The van der Waals surface area contributed by atoms with Gasteiger partial charge in [-0.2, -0.15) is 0 Å². The SMILES string of the molecule is CCc1nccn1CC(C)CNCC(C)C. The Hall–Kier alpha value is -0.830. The van der Waals surface area contributed by atoms with E-state index in [2.05, 4.69) is 48.8 Å². The number of nitrogens with one attached hydrogen (secondary N) is 1. The van der Waals surface area contributed by atoms with Gasteiger partial charge in [-0.1, -0.05) is 27.7 Å². The van der Waals surface area contributed by atoms with E-state index in [1.54, 1.807) is 0 Å².